The van der Waals surface area contributed by atoms with Crippen LogP contribution in [0.2, 0.25) is 5.02 Å². The smallest absolute Gasteiger partial charge is 0.223 e. The molecule has 0 radical (unpaired) electrons. The molecule has 0 bridgehead atoms. The standard InChI is InChI=1S/C15H23ClN2O/c1-3-14(12-7-4-8-13(16)10-12)18-15(19)11(2)6-5-9-17/h4,7-8,10-11,14H,3,5-6,9,17H2,1-2H3,(H,18,19). The Morgan fingerprint density at radius 1 is 1.47 bits per heavy atom. The summed E-state index contributed by atoms with van der Waals surface area (Å²) in [5.74, 6) is 0.0806. The number of carbonyl (C=O) groups excluding carboxylic acids is 1. The predicted octanol–water partition coefficient (Wildman–Crippen LogP) is 3.28. The molecule has 2 unspecified atom stereocenters. The first-order chi connectivity index (χ1) is 9.08. The first-order valence-electron chi connectivity index (χ1n) is 6.84. The van der Waals surface area contributed by atoms with Crippen LogP contribution in [0.4, 0.5) is 0 Å². The van der Waals surface area contributed by atoms with Crippen LogP contribution in [0.15, 0.2) is 24.3 Å². The van der Waals surface area contributed by atoms with Crippen molar-refractivity contribution in [2.45, 2.75) is 39.2 Å². The lowest BCUT2D eigenvalue weighted by molar-refractivity contribution is -0.125. The summed E-state index contributed by atoms with van der Waals surface area (Å²) in [4.78, 5) is 12.1. The number of hydrogen-bond acceptors (Lipinski definition) is 2. The molecule has 0 saturated carbocycles. The molecule has 0 aromatic heterocycles. The summed E-state index contributed by atoms with van der Waals surface area (Å²) in [6, 6.07) is 7.66. The van der Waals surface area contributed by atoms with Crippen molar-refractivity contribution < 1.29 is 4.79 Å². The Morgan fingerprint density at radius 3 is 2.79 bits per heavy atom. The fourth-order valence-electron chi connectivity index (χ4n) is 2.01. The Hall–Kier alpha value is -1.06. The summed E-state index contributed by atoms with van der Waals surface area (Å²) < 4.78 is 0. The van der Waals surface area contributed by atoms with Crippen LogP contribution in [0.5, 0.6) is 0 Å². The zero-order valence-corrected chi connectivity index (χ0v) is 12.4. The molecule has 1 rings (SSSR count). The van der Waals surface area contributed by atoms with E-state index in [9.17, 15) is 4.79 Å². The minimum atomic E-state index is -0.00298. The minimum Gasteiger partial charge on any atom is -0.349 e. The third-order valence-electron chi connectivity index (χ3n) is 3.26. The molecule has 106 valence electrons. The van der Waals surface area contributed by atoms with Gasteiger partial charge in [-0.3, -0.25) is 4.79 Å². The number of nitrogens with two attached hydrogens (primary N) is 1. The van der Waals surface area contributed by atoms with Gasteiger partial charge in [-0.2, -0.15) is 0 Å². The Bertz CT molecular complexity index is 409. The van der Waals surface area contributed by atoms with Crippen LogP contribution in [-0.4, -0.2) is 12.5 Å². The molecule has 3 N–H and O–H groups in total. The van der Waals surface area contributed by atoms with Crippen LogP contribution in [0.3, 0.4) is 0 Å². The van der Waals surface area contributed by atoms with E-state index in [1.54, 1.807) is 0 Å². The number of rotatable bonds is 7. The zero-order chi connectivity index (χ0) is 14.3. The van der Waals surface area contributed by atoms with Crippen LogP contribution < -0.4 is 11.1 Å². The Morgan fingerprint density at radius 2 is 2.21 bits per heavy atom. The Labute approximate surface area is 120 Å². The first-order valence-corrected chi connectivity index (χ1v) is 7.22. The quantitative estimate of drug-likeness (QED) is 0.806. The van der Waals surface area contributed by atoms with Gasteiger partial charge in [-0.25, -0.2) is 0 Å². The van der Waals surface area contributed by atoms with Crippen molar-refractivity contribution in [1.29, 1.82) is 0 Å². The second-order valence-electron chi connectivity index (χ2n) is 4.86. The van der Waals surface area contributed by atoms with Crippen molar-refractivity contribution in [3.05, 3.63) is 34.9 Å². The average Bonchev–Trinajstić information content (AvgIpc) is 2.41. The lowest BCUT2D eigenvalue weighted by Gasteiger charge is -2.20. The summed E-state index contributed by atoms with van der Waals surface area (Å²) >= 11 is 5.99. The van der Waals surface area contributed by atoms with Crippen LogP contribution in [0.1, 0.15) is 44.7 Å². The fourth-order valence-corrected chi connectivity index (χ4v) is 2.21. The molecule has 4 heteroatoms. The molecule has 19 heavy (non-hydrogen) atoms. The minimum absolute atomic E-state index is 0.00298. The lowest BCUT2D eigenvalue weighted by atomic mass is 10.0. The van der Waals surface area contributed by atoms with Crippen molar-refractivity contribution in [2.24, 2.45) is 11.7 Å². The summed E-state index contributed by atoms with van der Waals surface area (Å²) in [6.07, 6.45) is 2.55. The van der Waals surface area contributed by atoms with Gasteiger partial charge in [0.1, 0.15) is 0 Å². The molecule has 0 spiro atoms. The lowest BCUT2D eigenvalue weighted by Crippen LogP contribution is -2.32. The maximum atomic E-state index is 12.1. The van der Waals surface area contributed by atoms with Crippen molar-refractivity contribution in [3.8, 4) is 0 Å². The molecule has 0 heterocycles. The number of halogens is 1. The van der Waals surface area contributed by atoms with Crippen LogP contribution >= 0.6 is 11.6 Å². The first kappa shape index (κ1) is 16.0. The van der Waals surface area contributed by atoms with E-state index in [4.69, 9.17) is 17.3 Å². The Balaban J connectivity index is 2.64. The molecule has 3 nitrogen and oxygen atoms in total. The normalized spacial score (nSPS) is 13.9. The van der Waals surface area contributed by atoms with E-state index in [0.717, 1.165) is 24.8 Å². The zero-order valence-electron chi connectivity index (χ0n) is 11.7. The van der Waals surface area contributed by atoms with E-state index in [2.05, 4.69) is 12.2 Å². The van der Waals surface area contributed by atoms with Gasteiger partial charge in [-0.15, -0.1) is 0 Å². The monoisotopic (exact) mass is 282 g/mol. The fraction of sp³-hybridized carbons (Fsp3) is 0.533. The van der Waals surface area contributed by atoms with Gasteiger partial charge in [0.15, 0.2) is 0 Å². The third-order valence-corrected chi connectivity index (χ3v) is 3.50. The third kappa shape index (κ3) is 5.21. The van der Waals surface area contributed by atoms with Crippen molar-refractivity contribution in [1.82, 2.24) is 5.32 Å². The summed E-state index contributed by atoms with van der Waals surface area (Å²) in [5, 5.41) is 3.78. The largest absolute Gasteiger partial charge is 0.349 e. The van der Waals surface area contributed by atoms with E-state index >= 15 is 0 Å². The number of benzene rings is 1. The van der Waals surface area contributed by atoms with Gasteiger partial charge in [-0.05, 0) is 43.5 Å². The maximum absolute atomic E-state index is 12.1. The molecule has 1 aromatic carbocycles. The SMILES string of the molecule is CCC(NC(=O)C(C)CCCN)c1cccc(Cl)c1. The number of carbonyl (C=O) groups is 1. The molecule has 2 atom stereocenters. The summed E-state index contributed by atoms with van der Waals surface area (Å²) in [5.41, 5.74) is 6.52. The van der Waals surface area contributed by atoms with E-state index < -0.39 is 0 Å². The van der Waals surface area contributed by atoms with Crippen LogP contribution in [0.25, 0.3) is 0 Å². The van der Waals surface area contributed by atoms with Gasteiger partial charge >= 0.3 is 0 Å². The highest BCUT2D eigenvalue weighted by molar-refractivity contribution is 6.30. The molecule has 1 aromatic rings. The molecule has 1 amide bonds. The maximum Gasteiger partial charge on any atom is 0.223 e. The Kier molecular flexibility index (Phi) is 6.89. The summed E-state index contributed by atoms with van der Waals surface area (Å²) in [7, 11) is 0. The molecule has 0 fully saturated rings. The van der Waals surface area contributed by atoms with E-state index in [-0.39, 0.29) is 17.9 Å². The number of amides is 1. The van der Waals surface area contributed by atoms with Crippen molar-refractivity contribution in [3.63, 3.8) is 0 Å². The van der Waals surface area contributed by atoms with E-state index in [0.29, 0.717) is 11.6 Å². The molecule has 0 aliphatic carbocycles. The second-order valence-corrected chi connectivity index (χ2v) is 5.29. The highest BCUT2D eigenvalue weighted by Gasteiger charge is 2.17. The van der Waals surface area contributed by atoms with Crippen molar-refractivity contribution >= 4 is 17.5 Å². The molecular weight excluding hydrogens is 260 g/mol. The molecule has 0 saturated heterocycles. The van der Waals surface area contributed by atoms with Gasteiger partial charge in [-0.1, -0.05) is 37.6 Å². The molecule has 0 aliphatic heterocycles. The van der Waals surface area contributed by atoms with Gasteiger partial charge in [0.2, 0.25) is 5.91 Å². The number of nitrogens with one attached hydrogen (secondary N) is 1. The second kappa shape index (κ2) is 8.18. The van der Waals surface area contributed by atoms with E-state index in [1.807, 2.05) is 31.2 Å². The highest BCUT2D eigenvalue weighted by Crippen LogP contribution is 2.21. The van der Waals surface area contributed by atoms with Crippen molar-refractivity contribution in [2.75, 3.05) is 6.54 Å². The van der Waals surface area contributed by atoms with Crippen LogP contribution in [-0.2, 0) is 4.79 Å². The highest BCUT2D eigenvalue weighted by atomic mass is 35.5. The predicted molar refractivity (Wildman–Crippen MR) is 80.1 cm³/mol. The van der Waals surface area contributed by atoms with Crippen LogP contribution in [0, 0.1) is 5.92 Å². The van der Waals surface area contributed by atoms with E-state index in [1.165, 1.54) is 0 Å². The van der Waals surface area contributed by atoms with Gasteiger partial charge in [0.25, 0.3) is 0 Å². The molecule has 0 aliphatic rings. The van der Waals surface area contributed by atoms with Gasteiger partial charge in [0.05, 0.1) is 6.04 Å². The van der Waals surface area contributed by atoms with Gasteiger partial charge in [0, 0.05) is 10.9 Å². The topological polar surface area (TPSA) is 55.1 Å². The number of hydrogen-bond donors (Lipinski definition) is 2. The average molecular weight is 283 g/mol. The molecular formula is C15H23ClN2O. The summed E-state index contributed by atoms with van der Waals surface area (Å²) in [6.45, 7) is 4.62. The van der Waals surface area contributed by atoms with Gasteiger partial charge < -0.3 is 11.1 Å².